The molecule has 0 aliphatic rings. The van der Waals surface area contributed by atoms with Gasteiger partial charge in [-0.2, -0.15) is 0 Å². The molecule has 1 nitrogen and oxygen atoms in total. The number of hydrogen-bond donors (Lipinski definition) is 0. The van der Waals surface area contributed by atoms with Crippen LogP contribution in [0.15, 0.2) is 44.7 Å². The highest BCUT2D eigenvalue weighted by Crippen LogP contribution is 2.24. The van der Waals surface area contributed by atoms with Crippen molar-refractivity contribution in [1.29, 1.82) is 0 Å². The maximum absolute atomic E-state index is 5.65. The number of thiophene rings is 1. The average Bonchev–Trinajstić information content (AvgIpc) is 2.62. The Balaban J connectivity index is 1.99. The zero-order valence-corrected chi connectivity index (χ0v) is 11.7. The zero-order valence-electron chi connectivity index (χ0n) is 7.74. The SMILES string of the molecule is Brc1cccc(OCc2ccc(Br)s2)c1. The molecule has 0 radical (unpaired) electrons. The average molecular weight is 348 g/mol. The van der Waals surface area contributed by atoms with Crippen molar-refractivity contribution in [2.45, 2.75) is 6.61 Å². The van der Waals surface area contributed by atoms with Gasteiger partial charge < -0.3 is 4.74 Å². The Morgan fingerprint density at radius 3 is 2.67 bits per heavy atom. The van der Waals surface area contributed by atoms with Crippen LogP contribution in [0.25, 0.3) is 0 Å². The first-order chi connectivity index (χ1) is 7.24. The van der Waals surface area contributed by atoms with Crippen molar-refractivity contribution in [3.8, 4) is 5.75 Å². The molecule has 0 amide bonds. The highest BCUT2D eigenvalue weighted by Gasteiger charge is 1.99. The monoisotopic (exact) mass is 346 g/mol. The fraction of sp³-hybridized carbons (Fsp3) is 0.0909. The van der Waals surface area contributed by atoms with E-state index in [1.807, 2.05) is 30.3 Å². The molecule has 0 aliphatic carbocycles. The first-order valence-corrected chi connectivity index (χ1v) is 6.77. The third-order valence-electron chi connectivity index (χ3n) is 1.81. The van der Waals surface area contributed by atoms with Gasteiger partial charge >= 0.3 is 0 Å². The molecule has 2 rings (SSSR count). The fourth-order valence-electron chi connectivity index (χ4n) is 1.14. The van der Waals surface area contributed by atoms with Crippen LogP contribution >= 0.6 is 43.2 Å². The Bertz CT molecular complexity index is 453. The summed E-state index contributed by atoms with van der Waals surface area (Å²) in [7, 11) is 0. The van der Waals surface area contributed by atoms with Gasteiger partial charge in [-0.25, -0.2) is 0 Å². The van der Waals surface area contributed by atoms with Crippen LogP contribution in [-0.2, 0) is 6.61 Å². The molecule has 4 heteroatoms. The Morgan fingerprint density at radius 1 is 1.13 bits per heavy atom. The zero-order chi connectivity index (χ0) is 10.7. The summed E-state index contributed by atoms with van der Waals surface area (Å²) in [6, 6.07) is 11.9. The summed E-state index contributed by atoms with van der Waals surface area (Å²) in [4.78, 5) is 1.21. The second-order valence-electron chi connectivity index (χ2n) is 2.95. The van der Waals surface area contributed by atoms with E-state index < -0.39 is 0 Å². The van der Waals surface area contributed by atoms with Crippen LogP contribution in [0.2, 0.25) is 0 Å². The lowest BCUT2D eigenvalue weighted by atomic mass is 10.3. The molecule has 2 aromatic rings. The molecule has 1 aromatic carbocycles. The van der Waals surface area contributed by atoms with Crippen molar-refractivity contribution in [1.82, 2.24) is 0 Å². The lowest BCUT2D eigenvalue weighted by Crippen LogP contribution is -1.92. The molecule has 0 fully saturated rings. The van der Waals surface area contributed by atoms with Crippen LogP contribution < -0.4 is 4.74 Å². The highest BCUT2D eigenvalue weighted by atomic mass is 79.9. The summed E-state index contributed by atoms with van der Waals surface area (Å²) in [6.07, 6.45) is 0. The van der Waals surface area contributed by atoms with Crippen molar-refractivity contribution in [2.24, 2.45) is 0 Å². The summed E-state index contributed by atoms with van der Waals surface area (Å²) in [5.74, 6) is 0.883. The van der Waals surface area contributed by atoms with Crippen LogP contribution in [0.1, 0.15) is 4.88 Å². The van der Waals surface area contributed by atoms with Crippen molar-refractivity contribution >= 4 is 43.2 Å². The van der Waals surface area contributed by atoms with Crippen LogP contribution in [-0.4, -0.2) is 0 Å². The van der Waals surface area contributed by atoms with Gasteiger partial charge in [0.05, 0.1) is 3.79 Å². The van der Waals surface area contributed by atoms with Crippen molar-refractivity contribution in [3.63, 3.8) is 0 Å². The summed E-state index contributed by atoms with van der Waals surface area (Å²) in [5.41, 5.74) is 0. The normalized spacial score (nSPS) is 10.3. The first kappa shape index (κ1) is 11.2. The second-order valence-corrected chi connectivity index (χ2v) is 6.42. The molecule has 0 spiro atoms. The maximum atomic E-state index is 5.65. The van der Waals surface area contributed by atoms with Crippen LogP contribution in [0.5, 0.6) is 5.75 Å². The topological polar surface area (TPSA) is 9.23 Å². The van der Waals surface area contributed by atoms with Gasteiger partial charge in [0.1, 0.15) is 12.4 Å². The molecule has 1 aromatic heterocycles. The number of ether oxygens (including phenoxy) is 1. The first-order valence-electron chi connectivity index (χ1n) is 4.36. The van der Waals surface area contributed by atoms with E-state index in [0.717, 1.165) is 14.0 Å². The second kappa shape index (κ2) is 5.14. The van der Waals surface area contributed by atoms with E-state index in [1.165, 1.54) is 4.88 Å². The third-order valence-corrected chi connectivity index (χ3v) is 3.90. The Labute approximate surface area is 109 Å². The summed E-state index contributed by atoms with van der Waals surface area (Å²) in [6.45, 7) is 0.618. The van der Waals surface area contributed by atoms with Gasteiger partial charge in [-0.05, 0) is 46.3 Å². The Morgan fingerprint density at radius 2 is 2.00 bits per heavy atom. The summed E-state index contributed by atoms with van der Waals surface area (Å²) < 4.78 is 7.81. The van der Waals surface area contributed by atoms with E-state index in [4.69, 9.17) is 4.74 Å². The molecular weight excluding hydrogens is 340 g/mol. The summed E-state index contributed by atoms with van der Waals surface area (Å²) in [5, 5.41) is 0. The van der Waals surface area contributed by atoms with Gasteiger partial charge in [0, 0.05) is 9.35 Å². The van der Waals surface area contributed by atoms with Crippen LogP contribution in [0.4, 0.5) is 0 Å². The molecule has 0 unspecified atom stereocenters. The van der Waals surface area contributed by atoms with Gasteiger partial charge in [-0.1, -0.05) is 22.0 Å². The molecule has 1 heterocycles. The molecule has 78 valence electrons. The fourth-order valence-corrected chi connectivity index (χ4v) is 2.92. The minimum atomic E-state index is 0.618. The molecule has 0 N–H and O–H groups in total. The lowest BCUT2D eigenvalue weighted by molar-refractivity contribution is 0.309. The highest BCUT2D eigenvalue weighted by molar-refractivity contribution is 9.11. The third kappa shape index (κ3) is 3.33. The molecule has 15 heavy (non-hydrogen) atoms. The van der Waals surface area contributed by atoms with E-state index in [-0.39, 0.29) is 0 Å². The quantitative estimate of drug-likeness (QED) is 0.771. The number of benzene rings is 1. The molecular formula is C11H8Br2OS. The number of hydrogen-bond acceptors (Lipinski definition) is 2. The maximum Gasteiger partial charge on any atom is 0.122 e. The predicted octanol–water partition coefficient (Wildman–Crippen LogP) is 4.85. The van der Waals surface area contributed by atoms with Gasteiger partial charge in [0.15, 0.2) is 0 Å². The van der Waals surface area contributed by atoms with Gasteiger partial charge in [0.2, 0.25) is 0 Å². The standard InChI is InChI=1S/C11H8Br2OS/c12-8-2-1-3-9(6-8)14-7-10-4-5-11(13)15-10/h1-6H,7H2. The number of rotatable bonds is 3. The Kier molecular flexibility index (Phi) is 3.83. The molecule has 0 bridgehead atoms. The smallest absolute Gasteiger partial charge is 0.122 e. The lowest BCUT2D eigenvalue weighted by Gasteiger charge is -2.04. The Hall–Kier alpha value is -0.320. The number of halogens is 2. The van der Waals surface area contributed by atoms with Crippen molar-refractivity contribution in [3.05, 3.63) is 49.5 Å². The van der Waals surface area contributed by atoms with Crippen LogP contribution in [0, 0.1) is 0 Å². The van der Waals surface area contributed by atoms with E-state index in [0.29, 0.717) is 6.61 Å². The van der Waals surface area contributed by atoms with E-state index in [1.54, 1.807) is 11.3 Å². The molecule has 0 atom stereocenters. The minimum absolute atomic E-state index is 0.618. The largest absolute Gasteiger partial charge is 0.488 e. The van der Waals surface area contributed by atoms with E-state index in [2.05, 4.69) is 37.9 Å². The van der Waals surface area contributed by atoms with E-state index in [9.17, 15) is 0 Å². The van der Waals surface area contributed by atoms with Crippen molar-refractivity contribution in [2.75, 3.05) is 0 Å². The van der Waals surface area contributed by atoms with Crippen molar-refractivity contribution < 1.29 is 4.74 Å². The van der Waals surface area contributed by atoms with Gasteiger partial charge in [-0.15, -0.1) is 11.3 Å². The summed E-state index contributed by atoms with van der Waals surface area (Å²) >= 11 is 8.52. The van der Waals surface area contributed by atoms with Gasteiger partial charge in [-0.3, -0.25) is 0 Å². The van der Waals surface area contributed by atoms with E-state index >= 15 is 0 Å². The minimum Gasteiger partial charge on any atom is -0.488 e. The van der Waals surface area contributed by atoms with Gasteiger partial charge in [0.25, 0.3) is 0 Å². The molecule has 0 saturated heterocycles. The molecule has 0 aliphatic heterocycles. The predicted molar refractivity (Wildman–Crippen MR) is 70.5 cm³/mol. The van der Waals surface area contributed by atoms with Crippen LogP contribution in [0.3, 0.4) is 0 Å². The molecule has 0 saturated carbocycles.